The zero-order valence-electron chi connectivity index (χ0n) is 13.0. The van der Waals surface area contributed by atoms with Gasteiger partial charge in [0.1, 0.15) is 6.61 Å². The molecular weight excluding hydrogens is 297 g/mol. The highest BCUT2D eigenvalue weighted by molar-refractivity contribution is 6.58. The van der Waals surface area contributed by atoms with Crippen LogP contribution in [0.5, 0.6) is 17.2 Å². The van der Waals surface area contributed by atoms with Gasteiger partial charge in [0.15, 0.2) is 17.6 Å². The number of aryl methyl sites for hydroxylation is 1. The summed E-state index contributed by atoms with van der Waals surface area (Å²) < 4.78 is 17.0. The molecule has 3 rings (SSSR count). The Morgan fingerprint density at radius 1 is 1.35 bits per heavy atom. The van der Waals surface area contributed by atoms with Crippen LogP contribution in [0.3, 0.4) is 0 Å². The summed E-state index contributed by atoms with van der Waals surface area (Å²) in [6.07, 6.45) is 2.38. The summed E-state index contributed by atoms with van der Waals surface area (Å²) in [5.74, 6) is 1.28. The van der Waals surface area contributed by atoms with Crippen molar-refractivity contribution in [3.05, 3.63) is 41.7 Å². The molecule has 0 spiro atoms. The van der Waals surface area contributed by atoms with Gasteiger partial charge in [0.25, 0.3) is 0 Å². The third kappa shape index (κ3) is 3.11. The normalized spacial score (nSPS) is 16.1. The number of benzene rings is 1. The van der Waals surface area contributed by atoms with Gasteiger partial charge in [-0.25, -0.2) is 0 Å². The molecule has 1 atom stereocenters. The fourth-order valence-electron chi connectivity index (χ4n) is 2.46. The third-order valence-corrected chi connectivity index (χ3v) is 3.79. The van der Waals surface area contributed by atoms with E-state index < -0.39 is 7.12 Å². The maximum absolute atomic E-state index is 9.32. The third-order valence-electron chi connectivity index (χ3n) is 3.79. The monoisotopic (exact) mass is 315 g/mol. The summed E-state index contributed by atoms with van der Waals surface area (Å²) in [5.41, 5.74) is 2.22. The lowest BCUT2D eigenvalue weighted by atomic mass is 9.80. The molecule has 7 heteroatoms. The molecule has 1 aliphatic heterocycles. The van der Waals surface area contributed by atoms with Crippen molar-refractivity contribution in [3.63, 3.8) is 0 Å². The van der Waals surface area contributed by atoms with Gasteiger partial charge in [-0.3, -0.25) is 4.98 Å². The zero-order valence-corrected chi connectivity index (χ0v) is 13.0. The molecule has 1 aromatic carbocycles. The molecule has 0 saturated heterocycles. The van der Waals surface area contributed by atoms with Crippen LogP contribution in [0.2, 0.25) is 0 Å². The van der Waals surface area contributed by atoms with E-state index in [0.717, 1.165) is 17.7 Å². The first-order valence-electron chi connectivity index (χ1n) is 7.44. The quantitative estimate of drug-likeness (QED) is 0.814. The fourth-order valence-corrected chi connectivity index (χ4v) is 2.46. The van der Waals surface area contributed by atoms with E-state index in [1.54, 1.807) is 6.20 Å². The van der Waals surface area contributed by atoms with Crippen molar-refractivity contribution in [1.29, 1.82) is 0 Å². The lowest BCUT2D eigenvalue weighted by Gasteiger charge is -2.28. The molecule has 1 aliphatic rings. The van der Waals surface area contributed by atoms with Crippen molar-refractivity contribution in [2.75, 3.05) is 13.7 Å². The van der Waals surface area contributed by atoms with E-state index in [9.17, 15) is 10.0 Å². The Hall–Kier alpha value is -2.25. The first-order valence-corrected chi connectivity index (χ1v) is 7.44. The lowest BCUT2D eigenvalue weighted by molar-refractivity contribution is 0.0870. The highest BCUT2D eigenvalue weighted by Crippen LogP contribution is 2.42. The van der Waals surface area contributed by atoms with Gasteiger partial charge >= 0.3 is 7.12 Å². The molecule has 23 heavy (non-hydrogen) atoms. The molecule has 0 fully saturated rings. The van der Waals surface area contributed by atoms with E-state index >= 15 is 0 Å². The van der Waals surface area contributed by atoms with E-state index in [2.05, 4.69) is 11.9 Å². The summed E-state index contributed by atoms with van der Waals surface area (Å²) >= 11 is 0. The van der Waals surface area contributed by atoms with Crippen LogP contribution in [0.4, 0.5) is 0 Å². The molecule has 1 unspecified atom stereocenters. The number of pyridine rings is 1. The smallest absolute Gasteiger partial charge is 0.488 e. The average molecular weight is 315 g/mol. The molecule has 0 saturated carbocycles. The first-order chi connectivity index (χ1) is 11.1. The Labute approximate surface area is 134 Å². The van der Waals surface area contributed by atoms with Crippen LogP contribution in [0.15, 0.2) is 30.5 Å². The van der Waals surface area contributed by atoms with E-state index in [1.165, 1.54) is 19.2 Å². The molecule has 2 aromatic rings. The largest absolute Gasteiger partial charge is 0.493 e. The predicted octanol–water partition coefficient (Wildman–Crippen LogP) is 0.845. The van der Waals surface area contributed by atoms with Crippen LogP contribution >= 0.6 is 0 Å². The summed E-state index contributed by atoms with van der Waals surface area (Å²) in [4.78, 5) is 4.38. The molecule has 0 amide bonds. The Bertz CT molecular complexity index is 672. The Morgan fingerprint density at radius 2 is 2.17 bits per heavy atom. The molecule has 6 nitrogen and oxygen atoms in total. The van der Waals surface area contributed by atoms with Gasteiger partial charge in [0.2, 0.25) is 5.75 Å². The van der Waals surface area contributed by atoms with Crippen LogP contribution in [0.25, 0.3) is 0 Å². The Balaban J connectivity index is 1.90. The molecule has 0 bridgehead atoms. The van der Waals surface area contributed by atoms with E-state index in [0.29, 0.717) is 23.9 Å². The number of hydrogen-bond donors (Lipinski definition) is 2. The van der Waals surface area contributed by atoms with Crippen LogP contribution in [0.1, 0.15) is 24.3 Å². The van der Waals surface area contributed by atoms with Gasteiger partial charge < -0.3 is 24.3 Å². The van der Waals surface area contributed by atoms with Crippen molar-refractivity contribution in [2.24, 2.45) is 0 Å². The molecule has 120 valence electrons. The second-order valence-electron chi connectivity index (χ2n) is 5.28. The Kier molecular flexibility index (Phi) is 4.41. The topological polar surface area (TPSA) is 81.0 Å². The number of fused-ring (bicyclic) bond motifs is 1. The molecule has 1 aromatic heterocycles. The summed E-state index contributed by atoms with van der Waals surface area (Å²) in [5, 5.41) is 18.6. The Morgan fingerprint density at radius 3 is 2.78 bits per heavy atom. The van der Waals surface area contributed by atoms with Crippen molar-refractivity contribution < 1.29 is 24.3 Å². The standard InChI is InChI=1S/C16H18BNO5/c1-3-12-5-4-10(8-18-12)15-9-22-14-7-11(17(19)20)6-13(21-2)16(14)23-15/h4-8,15,19-20H,3,9H2,1-2H3. The molecule has 0 aliphatic carbocycles. The number of nitrogens with zero attached hydrogens (tertiary/aromatic N) is 1. The number of aromatic nitrogens is 1. The maximum atomic E-state index is 9.32. The second-order valence-corrected chi connectivity index (χ2v) is 5.28. The van der Waals surface area contributed by atoms with Gasteiger partial charge in [-0.15, -0.1) is 0 Å². The van der Waals surface area contributed by atoms with E-state index in [1.807, 2.05) is 12.1 Å². The predicted molar refractivity (Wildman–Crippen MR) is 85.3 cm³/mol. The second kappa shape index (κ2) is 6.48. The SMILES string of the molecule is CCc1ccc(C2COc3cc(B(O)O)cc(OC)c3O2)cn1. The number of rotatable bonds is 4. The molecule has 2 heterocycles. The average Bonchev–Trinajstić information content (AvgIpc) is 2.60. The van der Waals surface area contributed by atoms with E-state index in [4.69, 9.17) is 14.2 Å². The van der Waals surface area contributed by atoms with Crippen LogP contribution < -0.4 is 19.7 Å². The molecular formula is C16H18BNO5. The van der Waals surface area contributed by atoms with Crippen molar-refractivity contribution >= 4 is 12.6 Å². The maximum Gasteiger partial charge on any atom is 0.488 e. The summed E-state index contributed by atoms with van der Waals surface area (Å²) in [6, 6.07) is 7.00. The minimum Gasteiger partial charge on any atom is -0.493 e. The zero-order chi connectivity index (χ0) is 16.4. The number of ether oxygens (including phenoxy) is 3. The van der Waals surface area contributed by atoms with Crippen molar-refractivity contribution in [3.8, 4) is 17.2 Å². The van der Waals surface area contributed by atoms with Crippen LogP contribution in [-0.4, -0.2) is 35.9 Å². The van der Waals surface area contributed by atoms with Gasteiger partial charge in [-0.2, -0.15) is 0 Å². The summed E-state index contributed by atoms with van der Waals surface area (Å²) in [7, 11) is -0.102. The first kappa shape index (κ1) is 15.6. The number of hydrogen-bond acceptors (Lipinski definition) is 6. The molecule has 2 N–H and O–H groups in total. The van der Waals surface area contributed by atoms with Gasteiger partial charge in [-0.05, 0) is 30.1 Å². The minimum atomic E-state index is -1.60. The van der Waals surface area contributed by atoms with Crippen molar-refractivity contribution in [2.45, 2.75) is 19.4 Å². The molecule has 0 radical (unpaired) electrons. The highest BCUT2D eigenvalue weighted by Gasteiger charge is 2.28. The van der Waals surface area contributed by atoms with Gasteiger partial charge in [-0.1, -0.05) is 13.0 Å². The van der Waals surface area contributed by atoms with Gasteiger partial charge in [0, 0.05) is 17.5 Å². The van der Waals surface area contributed by atoms with Crippen LogP contribution in [0, 0.1) is 0 Å². The lowest BCUT2D eigenvalue weighted by Crippen LogP contribution is -2.31. The van der Waals surface area contributed by atoms with Gasteiger partial charge in [0.05, 0.1) is 7.11 Å². The van der Waals surface area contributed by atoms with E-state index in [-0.39, 0.29) is 11.6 Å². The minimum absolute atomic E-state index is 0.289. The van der Waals surface area contributed by atoms with Crippen molar-refractivity contribution in [1.82, 2.24) is 4.98 Å². The summed E-state index contributed by atoms with van der Waals surface area (Å²) in [6.45, 7) is 2.37. The number of methoxy groups -OCH3 is 1. The highest BCUT2D eigenvalue weighted by atomic mass is 16.6. The van der Waals surface area contributed by atoms with Crippen LogP contribution in [-0.2, 0) is 6.42 Å². The fraction of sp³-hybridized carbons (Fsp3) is 0.312.